The zero-order valence-electron chi connectivity index (χ0n) is 23.2. The first-order valence-corrected chi connectivity index (χ1v) is 15.2. The highest BCUT2D eigenvalue weighted by molar-refractivity contribution is 7.67. The van der Waals surface area contributed by atoms with Gasteiger partial charge in [-0.1, -0.05) is 13.0 Å². The molecule has 0 saturated heterocycles. The maximum absolute atomic E-state index is 14.8. The van der Waals surface area contributed by atoms with Crippen molar-refractivity contribution in [1.82, 2.24) is 20.4 Å². The van der Waals surface area contributed by atoms with Gasteiger partial charge in [-0.25, -0.2) is 10.2 Å². The minimum atomic E-state index is -3.25. The third kappa shape index (κ3) is 4.44. The molecule has 2 N–H and O–H groups in total. The summed E-state index contributed by atoms with van der Waals surface area (Å²) >= 11 is 0. The summed E-state index contributed by atoms with van der Waals surface area (Å²) in [7, 11) is -1.50. The lowest BCUT2D eigenvalue weighted by atomic mass is 9.55. The number of fused-ring (bicyclic) bond motifs is 7. The van der Waals surface area contributed by atoms with Gasteiger partial charge in [-0.2, -0.15) is 5.10 Å². The van der Waals surface area contributed by atoms with Gasteiger partial charge in [0, 0.05) is 11.1 Å². The average molecular weight is 511 g/mol. The van der Waals surface area contributed by atoms with Gasteiger partial charge in [-0.05, 0) is 131 Å². The first-order chi connectivity index (χ1) is 16.7. The molecule has 0 amide bonds. The first kappa shape index (κ1) is 25.9. The Morgan fingerprint density at radius 3 is 2.39 bits per heavy atom. The van der Waals surface area contributed by atoms with E-state index in [0.717, 1.165) is 31.4 Å². The molecule has 2 aromatic rings. The van der Waals surface area contributed by atoms with E-state index < -0.39 is 7.44 Å². The molecule has 1 aromatic heterocycles. The number of ether oxygens (including phenoxy) is 1. The van der Waals surface area contributed by atoms with Crippen LogP contribution in [0.25, 0.3) is 0 Å². The molecule has 1 fully saturated rings. The minimum absolute atomic E-state index is 0.0550. The van der Waals surface area contributed by atoms with Crippen LogP contribution in [-0.4, -0.2) is 28.4 Å². The molecule has 1 heterocycles. The number of benzene rings is 1. The van der Waals surface area contributed by atoms with E-state index in [9.17, 15) is 4.57 Å². The van der Waals surface area contributed by atoms with Gasteiger partial charge < -0.3 is 4.74 Å². The maximum atomic E-state index is 14.8. The number of aromatic nitrogens is 2. The molecule has 0 unspecified atom stereocenters. The van der Waals surface area contributed by atoms with Crippen molar-refractivity contribution in [3.63, 3.8) is 0 Å². The molecule has 3 aliphatic carbocycles. The van der Waals surface area contributed by atoms with E-state index in [1.54, 1.807) is 7.11 Å². The van der Waals surface area contributed by atoms with Crippen LogP contribution in [0.4, 0.5) is 0 Å². The Labute approximate surface area is 216 Å². The second kappa shape index (κ2) is 8.64. The predicted molar refractivity (Wildman–Crippen MR) is 146 cm³/mol. The second-order valence-corrected chi connectivity index (χ2v) is 15.6. The largest absolute Gasteiger partial charge is 0.497 e. The van der Waals surface area contributed by atoms with Crippen LogP contribution in [0.3, 0.4) is 0 Å². The Hall–Kier alpha value is -1.75. The van der Waals surface area contributed by atoms with Crippen LogP contribution >= 0.6 is 7.44 Å². The Balaban J connectivity index is 1.56. The fourth-order valence-electron chi connectivity index (χ4n) is 7.42. The van der Waals surface area contributed by atoms with E-state index in [0.29, 0.717) is 23.2 Å². The molecule has 6 nitrogen and oxygen atoms in total. The molecule has 0 bridgehead atoms. The normalized spacial score (nSPS) is 27.6. The Morgan fingerprint density at radius 1 is 1.06 bits per heavy atom. The summed E-state index contributed by atoms with van der Waals surface area (Å²) in [4.78, 5) is 0. The van der Waals surface area contributed by atoms with Crippen molar-refractivity contribution in [2.75, 3.05) is 7.11 Å². The number of hydrogen-bond donors (Lipinski definition) is 2. The van der Waals surface area contributed by atoms with Gasteiger partial charge in [-0.3, -0.25) is 4.57 Å². The van der Waals surface area contributed by atoms with Gasteiger partial charge >= 0.3 is 0 Å². The van der Waals surface area contributed by atoms with Crippen LogP contribution in [0.15, 0.2) is 24.4 Å². The van der Waals surface area contributed by atoms with Crippen molar-refractivity contribution >= 4 is 12.9 Å². The number of nitrogens with zero attached hydrogens (tertiary/aromatic N) is 2. The number of rotatable bonds is 4. The molecular formula is C29H43N4O2P. The molecule has 1 saturated carbocycles. The molecule has 196 valence electrons. The minimum Gasteiger partial charge on any atom is -0.497 e. The number of nitrogens with one attached hydrogen (secondary N) is 2. The van der Waals surface area contributed by atoms with Crippen LogP contribution < -0.4 is 20.3 Å². The van der Waals surface area contributed by atoms with E-state index in [1.165, 1.54) is 28.7 Å². The third-order valence-corrected chi connectivity index (χ3v) is 11.4. The first-order valence-electron chi connectivity index (χ1n) is 13.5. The number of methoxy groups -OCH3 is 1. The molecule has 0 radical (unpaired) electrons. The molecule has 4 atom stereocenters. The zero-order chi connectivity index (χ0) is 26.1. The van der Waals surface area contributed by atoms with Crippen LogP contribution in [0.5, 0.6) is 5.75 Å². The van der Waals surface area contributed by atoms with Crippen LogP contribution in [0.2, 0.25) is 0 Å². The molecule has 0 aliphatic heterocycles. The summed E-state index contributed by atoms with van der Waals surface area (Å²) in [5.74, 6) is 2.64. The van der Waals surface area contributed by atoms with Gasteiger partial charge in [0.05, 0.1) is 13.3 Å². The number of aryl methyl sites for hydroxylation is 1. The van der Waals surface area contributed by atoms with Crippen molar-refractivity contribution in [3.8, 4) is 5.75 Å². The lowest BCUT2D eigenvalue weighted by Crippen LogP contribution is -2.50. The van der Waals surface area contributed by atoms with Crippen molar-refractivity contribution in [1.29, 1.82) is 0 Å². The predicted octanol–water partition coefficient (Wildman–Crippen LogP) is 5.65. The van der Waals surface area contributed by atoms with Crippen molar-refractivity contribution in [2.24, 2.45) is 11.8 Å². The van der Waals surface area contributed by atoms with Crippen molar-refractivity contribution < 1.29 is 9.30 Å². The van der Waals surface area contributed by atoms with Gasteiger partial charge in [0.1, 0.15) is 5.75 Å². The van der Waals surface area contributed by atoms with E-state index in [1.807, 2.05) is 6.20 Å². The summed E-state index contributed by atoms with van der Waals surface area (Å²) in [6.45, 7) is 14.8. The molecule has 0 spiro atoms. The van der Waals surface area contributed by atoms with Crippen LogP contribution in [0, 0.1) is 11.8 Å². The molecule has 3 aliphatic rings. The average Bonchev–Trinajstić information content (AvgIpc) is 3.08. The third-order valence-electron chi connectivity index (χ3n) is 8.53. The zero-order valence-corrected chi connectivity index (χ0v) is 24.1. The fraction of sp³-hybridized carbons (Fsp3) is 0.655. The SMILES string of the molecule is COc1ccc2c(c1)CC[C@@H]1[C@@H]2CC[C@]2(C)c3c(cnnc3P(=O)(NC(C)(C)C)NC(C)(C)C)C[C@@H]12. The molecule has 36 heavy (non-hydrogen) atoms. The highest BCUT2D eigenvalue weighted by atomic mass is 31.2. The molecule has 1 aromatic carbocycles. The van der Waals surface area contributed by atoms with Crippen molar-refractivity contribution in [2.45, 2.75) is 103 Å². The quantitative estimate of drug-likeness (QED) is 0.518. The number of hydrogen-bond acceptors (Lipinski definition) is 4. The smallest absolute Gasteiger partial charge is 0.261 e. The maximum Gasteiger partial charge on any atom is 0.261 e. The van der Waals surface area contributed by atoms with Crippen LogP contribution in [0.1, 0.15) is 95.9 Å². The van der Waals surface area contributed by atoms with E-state index >= 15 is 0 Å². The molecular weight excluding hydrogens is 467 g/mol. The topological polar surface area (TPSA) is 76.1 Å². The molecule has 5 rings (SSSR count). The lowest BCUT2D eigenvalue weighted by molar-refractivity contribution is 0.106. The summed E-state index contributed by atoms with van der Waals surface area (Å²) in [6.07, 6.45) is 7.43. The van der Waals surface area contributed by atoms with Gasteiger partial charge in [-0.15, -0.1) is 5.10 Å². The highest BCUT2D eigenvalue weighted by Crippen LogP contribution is 2.61. The van der Waals surface area contributed by atoms with Crippen molar-refractivity contribution in [3.05, 3.63) is 46.6 Å². The van der Waals surface area contributed by atoms with Gasteiger partial charge in [0.15, 0.2) is 5.44 Å². The molecule has 7 heteroatoms. The Morgan fingerprint density at radius 2 is 1.75 bits per heavy atom. The Bertz CT molecular complexity index is 1190. The van der Waals surface area contributed by atoms with E-state index in [4.69, 9.17) is 4.74 Å². The highest BCUT2D eigenvalue weighted by Gasteiger charge is 2.55. The van der Waals surface area contributed by atoms with E-state index in [2.05, 4.69) is 87.0 Å². The summed E-state index contributed by atoms with van der Waals surface area (Å²) in [5.41, 5.74) is 5.29. The Kier molecular flexibility index (Phi) is 6.21. The summed E-state index contributed by atoms with van der Waals surface area (Å²) < 4.78 is 20.3. The van der Waals surface area contributed by atoms with E-state index in [-0.39, 0.29) is 16.5 Å². The van der Waals surface area contributed by atoms with Gasteiger partial charge in [0.25, 0.3) is 7.44 Å². The summed E-state index contributed by atoms with van der Waals surface area (Å²) in [5, 5.41) is 16.0. The monoisotopic (exact) mass is 510 g/mol. The summed E-state index contributed by atoms with van der Waals surface area (Å²) in [6, 6.07) is 6.66. The fourth-order valence-corrected chi connectivity index (χ4v) is 10.5. The second-order valence-electron chi connectivity index (χ2n) is 13.5. The van der Waals surface area contributed by atoms with Crippen LogP contribution in [-0.2, 0) is 22.8 Å². The standard InChI is InChI=1S/C29H43N4O2P/c1-27(2,3)32-36(34,33-28(4,5)6)26-25-19(17-30-31-26)16-24-23-11-9-18-15-20(35-8)10-12-21(18)22(23)13-14-29(24,25)7/h10,12,15,17,22-24H,9,11,13-14,16H2,1-8H3,(H2,32,33,34)/t22-,23-,24+,29+/m1/s1. The van der Waals surface area contributed by atoms with Gasteiger partial charge in [0.2, 0.25) is 0 Å². The lowest BCUT2D eigenvalue weighted by Gasteiger charge is -2.50.